The maximum atomic E-state index is 10.7. The van der Waals surface area contributed by atoms with Crippen molar-refractivity contribution in [1.82, 2.24) is 4.98 Å². The van der Waals surface area contributed by atoms with Crippen LogP contribution >= 0.6 is 11.6 Å². The Labute approximate surface area is 113 Å². The van der Waals surface area contributed by atoms with E-state index < -0.39 is 4.92 Å². The third kappa shape index (κ3) is 3.11. The molecule has 0 N–H and O–H groups in total. The summed E-state index contributed by atoms with van der Waals surface area (Å²) < 4.78 is 10.5. The first kappa shape index (κ1) is 13.1. The highest BCUT2D eigenvalue weighted by Gasteiger charge is 2.13. The van der Waals surface area contributed by atoms with Crippen molar-refractivity contribution < 1.29 is 14.4 Å². The molecule has 1 aromatic carbocycles. The van der Waals surface area contributed by atoms with Crippen molar-refractivity contribution in [3.63, 3.8) is 0 Å². The highest BCUT2D eigenvalue weighted by molar-refractivity contribution is 6.30. The smallest absolute Gasteiger partial charge is 0.273 e. The van der Waals surface area contributed by atoms with Gasteiger partial charge in [0.25, 0.3) is 5.69 Å². The van der Waals surface area contributed by atoms with Crippen LogP contribution in [-0.4, -0.2) is 17.0 Å². The molecule has 0 atom stereocenters. The molecular weight excluding hydrogens is 272 g/mol. The number of nitro groups is 1. The molecule has 6 nitrogen and oxygen atoms in total. The quantitative estimate of drug-likeness (QED) is 0.633. The Hall–Kier alpha value is -2.34. The molecule has 1 aromatic heterocycles. The lowest BCUT2D eigenvalue weighted by Crippen LogP contribution is -1.94. The van der Waals surface area contributed by atoms with Crippen LogP contribution in [0.5, 0.6) is 17.4 Å². The van der Waals surface area contributed by atoms with Gasteiger partial charge in [0.1, 0.15) is 0 Å². The zero-order chi connectivity index (χ0) is 13.8. The van der Waals surface area contributed by atoms with Crippen molar-refractivity contribution in [2.75, 3.05) is 7.11 Å². The van der Waals surface area contributed by atoms with Crippen molar-refractivity contribution in [3.05, 3.63) is 51.7 Å². The van der Waals surface area contributed by atoms with E-state index in [-0.39, 0.29) is 11.4 Å². The molecule has 0 aliphatic rings. The molecule has 0 saturated heterocycles. The Kier molecular flexibility index (Phi) is 3.82. The zero-order valence-electron chi connectivity index (χ0n) is 9.87. The summed E-state index contributed by atoms with van der Waals surface area (Å²) in [5.41, 5.74) is -0.0757. The van der Waals surface area contributed by atoms with Crippen LogP contribution in [0.15, 0.2) is 36.5 Å². The van der Waals surface area contributed by atoms with Crippen molar-refractivity contribution in [2.45, 2.75) is 0 Å². The van der Waals surface area contributed by atoms with Crippen molar-refractivity contribution in [3.8, 4) is 17.4 Å². The number of rotatable bonds is 4. The topological polar surface area (TPSA) is 74.5 Å². The first-order valence-electron chi connectivity index (χ1n) is 5.22. The first-order valence-corrected chi connectivity index (χ1v) is 5.60. The molecule has 0 bridgehead atoms. The average molecular weight is 281 g/mol. The van der Waals surface area contributed by atoms with E-state index in [9.17, 15) is 10.1 Å². The van der Waals surface area contributed by atoms with Gasteiger partial charge in [0.05, 0.1) is 23.1 Å². The molecule has 0 fully saturated rings. The van der Waals surface area contributed by atoms with Gasteiger partial charge in [0.15, 0.2) is 11.5 Å². The van der Waals surface area contributed by atoms with Crippen molar-refractivity contribution in [1.29, 1.82) is 0 Å². The summed E-state index contributed by atoms with van der Waals surface area (Å²) in [5.74, 6) is 0.908. The summed E-state index contributed by atoms with van der Waals surface area (Å²) in [4.78, 5) is 14.1. The molecule has 1 heterocycles. The zero-order valence-corrected chi connectivity index (χ0v) is 10.6. The molecule has 98 valence electrons. The molecular formula is C12H9ClN2O4. The van der Waals surface area contributed by atoms with Crippen LogP contribution in [-0.2, 0) is 0 Å². The molecule has 7 heteroatoms. The number of pyridine rings is 1. The molecule has 19 heavy (non-hydrogen) atoms. The van der Waals surface area contributed by atoms with Gasteiger partial charge in [-0.05, 0) is 12.1 Å². The fourth-order valence-corrected chi connectivity index (χ4v) is 1.50. The second kappa shape index (κ2) is 5.53. The fraction of sp³-hybridized carbons (Fsp3) is 0.0833. The predicted octanol–water partition coefficient (Wildman–Crippen LogP) is 3.44. The lowest BCUT2D eigenvalue weighted by Gasteiger charge is -2.09. The van der Waals surface area contributed by atoms with E-state index in [4.69, 9.17) is 21.1 Å². The number of methoxy groups -OCH3 is 1. The SMILES string of the molecule is COc1cc([N+](=O)[O-])ccc1Oc1ccc(Cl)cn1. The summed E-state index contributed by atoms with van der Waals surface area (Å²) in [6.07, 6.45) is 1.44. The van der Waals surface area contributed by atoms with Gasteiger partial charge in [-0.25, -0.2) is 4.98 Å². The van der Waals surface area contributed by atoms with Gasteiger partial charge in [-0.2, -0.15) is 0 Å². The molecule has 0 aliphatic carbocycles. The fourth-order valence-electron chi connectivity index (χ4n) is 1.39. The largest absolute Gasteiger partial charge is 0.493 e. The second-order valence-corrected chi connectivity index (χ2v) is 3.95. The minimum atomic E-state index is -0.507. The molecule has 0 spiro atoms. The molecule has 2 aromatic rings. The van der Waals surface area contributed by atoms with Crippen LogP contribution in [0.1, 0.15) is 0 Å². The highest BCUT2D eigenvalue weighted by Crippen LogP contribution is 2.33. The van der Waals surface area contributed by atoms with Crippen LogP contribution in [0, 0.1) is 10.1 Å². The third-order valence-electron chi connectivity index (χ3n) is 2.27. The van der Waals surface area contributed by atoms with Gasteiger partial charge in [-0.3, -0.25) is 10.1 Å². The van der Waals surface area contributed by atoms with E-state index in [1.54, 1.807) is 12.1 Å². The number of hydrogen-bond donors (Lipinski definition) is 0. The maximum Gasteiger partial charge on any atom is 0.273 e. The number of non-ortho nitro benzene ring substituents is 1. The number of nitro benzene ring substituents is 1. The van der Waals surface area contributed by atoms with Gasteiger partial charge in [0.2, 0.25) is 5.88 Å². The van der Waals surface area contributed by atoms with Crippen LogP contribution in [0.25, 0.3) is 0 Å². The van der Waals surface area contributed by atoms with E-state index in [2.05, 4.69) is 4.98 Å². The molecule has 0 aliphatic heterocycles. The standard InChI is InChI=1S/C12H9ClN2O4/c1-18-11-6-9(15(16)17)3-4-10(11)19-12-5-2-8(13)7-14-12/h2-7H,1H3. The molecule has 0 radical (unpaired) electrons. The Bertz CT molecular complexity index is 601. The summed E-state index contributed by atoms with van der Waals surface area (Å²) in [5, 5.41) is 11.1. The monoisotopic (exact) mass is 280 g/mol. The van der Waals surface area contributed by atoms with Gasteiger partial charge < -0.3 is 9.47 Å². The Morgan fingerprint density at radius 1 is 1.26 bits per heavy atom. The number of nitrogens with zero attached hydrogens (tertiary/aromatic N) is 2. The van der Waals surface area contributed by atoms with E-state index >= 15 is 0 Å². The van der Waals surface area contributed by atoms with Crippen molar-refractivity contribution >= 4 is 17.3 Å². The third-order valence-corrected chi connectivity index (χ3v) is 2.50. The molecule has 0 unspecified atom stereocenters. The van der Waals surface area contributed by atoms with Gasteiger partial charge in [-0.15, -0.1) is 0 Å². The lowest BCUT2D eigenvalue weighted by molar-refractivity contribution is -0.384. The van der Waals surface area contributed by atoms with E-state index in [0.717, 1.165) is 0 Å². The Morgan fingerprint density at radius 2 is 2.05 bits per heavy atom. The summed E-state index contributed by atoms with van der Waals surface area (Å²) in [6.45, 7) is 0. The van der Waals surface area contributed by atoms with Gasteiger partial charge >= 0.3 is 0 Å². The molecule has 2 rings (SSSR count). The predicted molar refractivity (Wildman–Crippen MR) is 69.0 cm³/mol. The minimum absolute atomic E-state index is 0.0757. The van der Waals surface area contributed by atoms with Crippen LogP contribution < -0.4 is 9.47 Å². The lowest BCUT2D eigenvalue weighted by atomic mass is 10.3. The number of ether oxygens (including phenoxy) is 2. The Balaban J connectivity index is 2.29. The Morgan fingerprint density at radius 3 is 2.63 bits per heavy atom. The average Bonchev–Trinajstić information content (AvgIpc) is 2.41. The van der Waals surface area contributed by atoms with E-state index in [0.29, 0.717) is 16.7 Å². The minimum Gasteiger partial charge on any atom is -0.493 e. The van der Waals surface area contributed by atoms with Gasteiger partial charge in [-0.1, -0.05) is 11.6 Å². The molecule has 0 saturated carbocycles. The summed E-state index contributed by atoms with van der Waals surface area (Å²) in [7, 11) is 1.40. The normalized spacial score (nSPS) is 10.0. The van der Waals surface area contributed by atoms with Crippen molar-refractivity contribution in [2.24, 2.45) is 0 Å². The second-order valence-electron chi connectivity index (χ2n) is 3.51. The summed E-state index contributed by atoms with van der Waals surface area (Å²) >= 11 is 5.71. The number of halogens is 1. The first-order chi connectivity index (χ1) is 9.10. The number of benzene rings is 1. The molecule has 0 amide bonds. The van der Waals surface area contributed by atoms with E-state index in [1.165, 1.54) is 31.5 Å². The number of hydrogen-bond acceptors (Lipinski definition) is 5. The maximum absolute atomic E-state index is 10.7. The van der Waals surface area contributed by atoms with E-state index in [1.807, 2.05) is 0 Å². The number of aromatic nitrogens is 1. The highest BCUT2D eigenvalue weighted by atomic mass is 35.5. The summed E-state index contributed by atoms with van der Waals surface area (Å²) in [6, 6.07) is 7.28. The van der Waals surface area contributed by atoms with Crippen LogP contribution in [0.2, 0.25) is 5.02 Å². The van der Waals surface area contributed by atoms with Crippen LogP contribution in [0.3, 0.4) is 0 Å². The van der Waals surface area contributed by atoms with Crippen LogP contribution in [0.4, 0.5) is 5.69 Å². The van der Waals surface area contributed by atoms with Gasteiger partial charge in [0, 0.05) is 18.3 Å².